The first-order chi connectivity index (χ1) is 4.86. The first-order valence-corrected chi connectivity index (χ1v) is 3.57. The van der Waals surface area contributed by atoms with Gasteiger partial charge in [0.2, 0.25) is 0 Å². The molecule has 1 aromatic rings. The Balaban J connectivity index is 2.28. The number of nitrogens with zero attached hydrogens (tertiary/aromatic N) is 2. The molecule has 2 heteroatoms. The van der Waals surface area contributed by atoms with Crippen LogP contribution in [-0.2, 0) is 0 Å². The van der Waals surface area contributed by atoms with Crippen LogP contribution in [0.5, 0.6) is 0 Å². The van der Waals surface area contributed by atoms with Crippen molar-refractivity contribution in [3.8, 4) is 0 Å². The number of rotatable bonds is 1. The van der Waals surface area contributed by atoms with E-state index in [4.69, 9.17) is 0 Å². The average molecular weight is 133 g/mol. The lowest BCUT2D eigenvalue weighted by Gasteiger charge is -1.93. The van der Waals surface area contributed by atoms with Crippen molar-refractivity contribution in [2.75, 3.05) is 0 Å². The van der Waals surface area contributed by atoms with Gasteiger partial charge < -0.3 is 0 Å². The van der Waals surface area contributed by atoms with Crippen LogP contribution < -0.4 is 0 Å². The SMILES string of the molecule is Cc1[c]nc(C2CC2)nc1. The third kappa shape index (κ3) is 1.01. The maximum atomic E-state index is 4.20. The third-order valence-corrected chi connectivity index (χ3v) is 1.68. The topological polar surface area (TPSA) is 25.8 Å². The second-order valence-electron chi connectivity index (χ2n) is 2.80. The summed E-state index contributed by atoms with van der Waals surface area (Å²) >= 11 is 0. The monoisotopic (exact) mass is 133 g/mol. The Hall–Kier alpha value is -0.920. The molecule has 51 valence electrons. The van der Waals surface area contributed by atoms with E-state index < -0.39 is 0 Å². The summed E-state index contributed by atoms with van der Waals surface area (Å²) in [5.41, 5.74) is 1.02. The minimum Gasteiger partial charge on any atom is -0.241 e. The van der Waals surface area contributed by atoms with E-state index in [0.29, 0.717) is 5.92 Å². The molecule has 10 heavy (non-hydrogen) atoms. The predicted octanol–water partition coefficient (Wildman–Crippen LogP) is 1.46. The molecule has 1 radical (unpaired) electrons. The van der Waals surface area contributed by atoms with Gasteiger partial charge in [0.25, 0.3) is 0 Å². The fourth-order valence-corrected chi connectivity index (χ4v) is 0.904. The Morgan fingerprint density at radius 3 is 2.90 bits per heavy atom. The Bertz CT molecular complexity index is 224. The largest absolute Gasteiger partial charge is 0.241 e. The van der Waals surface area contributed by atoms with Crippen LogP contribution in [0.2, 0.25) is 0 Å². The minimum absolute atomic E-state index is 0.650. The van der Waals surface area contributed by atoms with E-state index in [1.54, 1.807) is 0 Å². The van der Waals surface area contributed by atoms with Gasteiger partial charge in [-0.2, -0.15) is 0 Å². The fourth-order valence-electron chi connectivity index (χ4n) is 0.904. The summed E-state index contributed by atoms with van der Waals surface area (Å²) in [6, 6.07) is 0. The van der Waals surface area contributed by atoms with E-state index >= 15 is 0 Å². The second kappa shape index (κ2) is 2.04. The van der Waals surface area contributed by atoms with Crippen LogP contribution >= 0.6 is 0 Å². The van der Waals surface area contributed by atoms with Gasteiger partial charge in [0, 0.05) is 12.1 Å². The molecular formula is C8H9N2. The molecule has 0 saturated heterocycles. The van der Waals surface area contributed by atoms with Crippen molar-refractivity contribution < 1.29 is 0 Å². The summed E-state index contributed by atoms with van der Waals surface area (Å²) in [6.07, 6.45) is 7.26. The number of aryl methyl sites for hydroxylation is 1. The lowest BCUT2D eigenvalue weighted by atomic mass is 10.3. The highest BCUT2D eigenvalue weighted by atomic mass is 14.9. The summed E-state index contributed by atoms with van der Waals surface area (Å²) in [7, 11) is 0. The minimum atomic E-state index is 0.650. The van der Waals surface area contributed by atoms with E-state index in [-0.39, 0.29) is 0 Å². The van der Waals surface area contributed by atoms with Crippen molar-refractivity contribution in [1.82, 2.24) is 9.97 Å². The molecule has 0 bridgehead atoms. The van der Waals surface area contributed by atoms with Crippen LogP contribution in [0, 0.1) is 13.1 Å². The zero-order valence-corrected chi connectivity index (χ0v) is 5.96. The molecule has 2 rings (SSSR count). The standard InChI is InChI=1S/C8H9N2/c1-6-4-9-8(10-5-6)7-2-3-7/h4,7H,2-3H2,1H3. The van der Waals surface area contributed by atoms with E-state index in [2.05, 4.69) is 16.2 Å². The summed E-state index contributed by atoms with van der Waals surface area (Å²) in [5.74, 6) is 1.63. The molecule has 0 amide bonds. The highest BCUT2D eigenvalue weighted by molar-refractivity contribution is 5.07. The van der Waals surface area contributed by atoms with E-state index in [1.807, 2.05) is 13.1 Å². The van der Waals surface area contributed by atoms with Gasteiger partial charge in [-0.15, -0.1) is 0 Å². The molecule has 0 atom stereocenters. The van der Waals surface area contributed by atoms with Crippen LogP contribution in [0.1, 0.15) is 30.1 Å². The molecule has 1 heterocycles. The zero-order chi connectivity index (χ0) is 6.97. The number of hydrogen-bond acceptors (Lipinski definition) is 2. The zero-order valence-electron chi connectivity index (χ0n) is 5.96. The normalized spacial score (nSPS) is 17.3. The fraction of sp³-hybridized carbons (Fsp3) is 0.500. The molecule has 1 fully saturated rings. The molecule has 0 aromatic carbocycles. The highest BCUT2D eigenvalue weighted by Crippen LogP contribution is 2.37. The van der Waals surface area contributed by atoms with Crippen LogP contribution in [0.15, 0.2) is 6.20 Å². The van der Waals surface area contributed by atoms with Gasteiger partial charge in [-0.25, -0.2) is 9.97 Å². The summed E-state index contributed by atoms with van der Waals surface area (Å²) in [4.78, 5) is 8.30. The van der Waals surface area contributed by atoms with Gasteiger partial charge in [-0.1, -0.05) is 0 Å². The second-order valence-corrected chi connectivity index (χ2v) is 2.80. The molecule has 0 N–H and O–H groups in total. The van der Waals surface area contributed by atoms with Crippen LogP contribution in [0.3, 0.4) is 0 Å². The first-order valence-electron chi connectivity index (χ1n) is 3.57. The van der Waals surface area contributed by atoms with E-state index in [1.165, 1.54) is 12.8 Å². The van der Waals surface area contributed by atoms with Crippen molar-refractivity contribution in [3.05, 3.63) is 23.8 Å². The molecule has 1 aliphatic carbocycles. The average Bonchev–Trinajstić information content (AvgIpc) is 2.71. The van der Waals surface area contributed by atoms with E-state index in [9.17, 15) is 0 Å². The van der Waals surface area contributed by atoms with E-state index in [0.717, 1.165) is 11.4 Å². The van der Waals surface area contributed by atoms with Crippen molar-refractivity contribution in [3.63, 3.8) is 0 Å². The summed E-state index contributed by atoms with van der Waals surface area (Å²) in [6.45, 7) is 1.96. The molecule has 0 spiro atoms. The van der Waals surface area contributed by atoms with Gasteiger partial charge >= 0.3 is 0 Å². The predicted molar refractivity (Wildman–Crippen MR) is 37.6 cm³/mol. The summed E-state index contributed by atoms with van der Waals surface area (Å²) < 4.78 is 0. The van der Waals surface area contributed by atoms with Crippen LogP contribution in [-0.4, -0.2) is 9.97 Å². The Kier molecular flexibility index (Phi) is 1.19. The van der Waals surface area contributed by atoms with Crippen molar-refractivity contribution >= 4 is 0 Å². The Morgan fingerprint density at radius 2 is 2.40 bits per heavy atom. The first kappa shape index (κ1) is 5.83. The Labute approximate surface area is 60.3 Å². The molecule has 1 saturated carbocycles. The lowest BCUT2D eigenvalue weighted by Crippen LogP contribution is -1.91. The van der Waals surface area contributed by atoms with Gasteiger partial charge in [-0.05, 0) is 25.3 Å². The number of hydrogen-bond donors (Lipinski definition) is 0. The van der Waals surface area contributed by atoms with Crippen molar-refractivity contribution in [2.24, 2.45) is 0 Å². The van der Waals surface area contributed by atoms with Gasteiger partial charge in [-0.3, -0.25) is 0 Å². The maximum absolute atomic E-state index is 4.20. The summed E-state index contributed by atoms with van der Waals surface area (Å²) in [5, 5.41) is 0. The maximum Gasteiger partial charge on any atom is 0.132 e. The van der Waals surface area contributed by atoms with Crippen molar-refractivity contribution in [2.45, 2.75) is 25.7 Å². The number of aromatic nitrogens is 2. The Morgan fingerprint density at radius 1 is 1.60 bits per heavy atom. The van der Waals surface area contributed by atoms with Crippen LogP contribution in [0.25, 0.3) is 0 Å². The van der Waals surface area contributed by atoms with Crippen LogP contribution in [0.4, 0.5) is 0 Å². The van der Waals surface area contributed by atoms with Crippen molar-refractivity contribution in [1.29, 1.82) is 0 Å². The molecule has 1 aliphatic rings. The van der Waals surface area contributed by atoms with Gasteiger partial charge in [0.1, 0.15) is 5.82 Å². The highest BCUT2D eigenvalue weighted by Gasteiger charge is 2.25. The molecule has 0 unspecified atom stereocenters. The van der Waals surface area contributed by atoms with Gasteiger partial charge in [0.15, 0.2) is 0 Å². The molecule has 1 aromatic heterocycles. The smallest absolute Gasteiger partial charge is 0.132 e. The van der Waals surface area contributed by atoms with Gasteiger partial charge in [0.05, 0.1) is 6.20 Å². The molecule has 0 aliphatic heterocycles. The molecular weight excluding hydrogens is 124 g/mol. The molecule has 2 nitrogen and oxygen atoms in total. The third-order valence-electron chi connectivity index (χ3n) is 1.68. The quantitative estimate of drug-likeness (QED) is 0.579. The lowest BCUT2D eigenvalue weighted by molar-refractivity contribution is 0.913.